The fourth-order valence-corrected chi connectivity index (χ4v) is 4.72. The molecule has 1 unspecified atom stereocenters. The normalized spacial score (nSPS) is 18.4. The molecule has 2 heterocycles. The predicted octanol–water partition coefficient (Wildman–Crippen LogP) is 3.89. The highest BCUT2D eigenvalue weighted by Crippen LogP contribution is 2.33. The van der Waals surface area contributed by atoms with Crippen LogP contribution in [-0.4, -0.2) is 39.2 Å². The van der Waals surface area contributed by atoms with E-state index in [-0.39, 0.29) is 18.2 Å². The van der Waals surface area contributed by atoms with Crippen molar-refractivity contribution >= 4 is 61.1 Å². The van der Waals surface area contributed by atoms with Gasteiger partial charge < -0.3 is 5.32 Å². The van der Waals surface area contributed by atoms with Gasteiger partial charge in [-0.05, 0) is 24.3 Å². The number of aliphatic imine (C=N–C) groups is 1. The van der Waals surface area contributed by atoms with Crippen molar-refractivity contribution in [3.05, 3.63) is 54.6 Å². The molecule has 2 aromatic carbocycles. The molecule has 136 valence electrons. The van der Waals surface area contributed by atoms with Crippen LogP contribution >= 0.6 is 23.1 Å². The van der Waals surface area contributed by atoms with E-state index in [0.717, 1.165) is 15.9 Å². The van der Waals surface area contributed by atoms with Crippen molar-refractivity contribution in [3.63, 3.8) is 0 Å². The summed E-state index contributed by atoms with van der Waals surface area (Å²) in [4.78, 5) is 35.3. The zero-order valence-electron chi connectivity index (χ0n) is 14.5. The quantitative estimate of drug-likeness (QED) is 0.726. The number of nitrogens with zero attached hydrogens (tertiary/aromatic N) is 3. The molecule has 1 N–H and O–H groups in total. The number of fused-ring (bicyclic) bond motifs is 1. The van der Waals surface area contributed by atoms with Crippen LogP contribution < -0.4 is 5.32 Å². The monoisotopic (exact) mass is 396 g/mol. The molecule has 1 aliphatic rings. The first-order valence-corrected chi connectivity index (χ1v) is 10.0. The van der Waals surface area contributed by atoms with E-state index in [9.17, 15) is 9.59 Å². The number of carbonyl (C=O) groups is 2. The summed E-state index contributed by atoms with van der Waals surface area (Å²) in [6.45, 7) is 0. The molecule has 1 aromatic heterocycles. The minimum absolute atomic E-state index is 0.0988. The Bertz CT molecular complexity index is 999. The van der Waals surface area contributed by atoms with Crippen molar-refractivity contribution in [2.75, 3.05) is 12.4 Å². The molecule has 0 spiro atoms. The smallest absolute Gasteiger partial charge is 0.242 e. The standard InChI is InChI=1S/C19H16N4O2S2/c1-23-17(25)15(11-16(24)20-12-7-3-2-4-8-12)27-19(23)22-18-21-13-9-5-6-10-14(13)26-18/h2-10,15H,11H2,1H3,(H,20,24). The van der Waals surface area contributed by atoms with E-state index in [1.54, 1.807) is 7.05 Å². The Labute approximate surface area is 164 Å². The second kappa shape index (κ2) is 7.50. The van der Waals surface area contributed by atoms with Gasteiger partial charge in [-0.2, -0.15) is 4.99 Å². The molecule has 27 heavy (non-hydrogen) atoms. The van der Waals surface area contributed by atoms with Crippen molar-refractivity contribution in [2.45, 2.75) is 11.7 Å². The number of thiazole rings is 1. The average molecular weight is 396 g/mol. The molecule has 6 nitrogen and oxygen atoms in total. The van der Waals surface area contributed by atoms with E-state index < -0.39 is 5.25 Å². The lowest BCUT2D eigenvalue weighted by molar-refractivity contribution is -0.127. The first-order valence-electron chi connectivity index (χ1n) is 8.33. The largest absolute Gasteiger partial charge is 0.326 e. The summed E-state index contributed by atoms with van der Waals surface area (Å²) in [5.41, 5.74) is 1.60. The van der Waals surface area contributed by atoms with Gasteiger partial charge in [0.1, 0.15) is 5.25 Å². The Morgan fingerprint density at radius 2 is 1.93 bits per heavy atom. The van der Waals surface area contributed by atoms with E-state index in [1.807, 2.05) is 54.6 Å². The maximum Gasteiger partial charge on any atom is 0.242 e. The molecule has 1 atom stereocenters. The van der Waals surface area contributed by atoms with E-state index in [4.69, 9.17) is 0 Å². The van der Waals surface area contributed by atoms with Crippen molar-refractivity contribution in [3.8, 4) is 0 Å². The summed E-state index contributed by atoms with van der Waals surface area (Å²) in [5, 5.41) is 3.50. The third-order valence-corrected chi connectivity index (χ3v) is 6.20. The van der Waals surface area contributed by atoms with E-state index in [1.165, 1.54) is 28.0 Å². The maximum atomic E-state index is 12.5. The summed E-state index contributed by atoms with van der Waals surface area (Å²) in [7, 11) is 1.68. The zero-order chi connectivity index (χ0) is 18.8. The number of para-hydroxylation sites is 2. The zero-order valence-corrected chi connectivity index (χ0v) is 16.1. The van der Waals surface area contributed by atoms with Gasteiger partial charge in [0.2, 0.25) is 16.9 Å². The minimum atomic E-state index is -0.480. The average Bonchev–Trinajstić information content (AvgIpc) is 3.19. The first kappa shape index (κ1) is 17.7. The van der Waals surface area contributed by atoms with Gasteiger partial charge in [-0.25, -0.2) is 4.98 Å². The summed E-state index contributed by atoms with van der Waals surface area (Å²) in [5.74, 6) is -0.315. The number of thioether (sulfide) groups is 1. The van der Waals surface area contributed by atoms with Crippen molar-refractivity contribution < 1.29 is 9.59 Å². The van der Waals surface area contributed by atoms with Crippen LogP contribution in [0.2, 0.25) is 0 Å². The third-order valence-electron chi connectivity index (χ3n) is 4.04. The van der Waals surface area contributed by atoms with Gasteiger partial charge in [-0.1, -0.05) is 53.4 Å². The number of rotatable bonds is 4. The molecule has 3 aromatic rings. The fraction of sp³-hybridized carbons (Fsp3) is 0.158. The van der Waals surface area contributed by atoms with E-state index >= 15 is 0 Å². The summed E-state index contributed by atoms with van der Waals surface area (Å²) >= 11 is 2.78. The highest BCUT2D eigenvalue weighted by atomic mass is 32.2. The van der Waals surface area contributed by atoms with Crippen LogP contribution in [-0.2, 0) is 9.59 Å². The van der Waals surface area contributed by atoms with Crippen LogP contribution in [0.3, 0.4) is 0 Å². The molecular formula is C19H16N4O2S2. The Hall–Kier alpha value is -2.71. The van der Waals surface area contributed by atoms with Crippen LogP contribution in [0.5, 0.6) is 0 Å². The molecule has 1 aliphatic heterocycles. The highest BCUT2D eigenvalue weighted by molar-refractivity contribution is 8.15. The van der Waals surface area contributed by atoms with Crippen LogP contribution in [0, 0.1) is 0 Å². The van der Waals surface area contributed by atoms with Gasteiger partial charge in [-0.15, -0.1) is 0 Å². The molecule has 0 bridgehead atoms. The number of benzene rings is 2. The second-order valence-corrected chi connectivity index (χ2v) is 8.16. The lowest BCUT2D eigenvalue weighted by Gasteiger charge is -2.09. The van der Waals surface area contributed by atoms with Gasteiger partial charge in [0, 0.05) is 19.2 Å². The Morgan fingerprint density at radius 3 is 2.70 bits per heavy atom. The van der Waals surface area contributed by atoms with Gasteiger partial charge >= 0.3 is 0 Å². The SMILES string of the molecule is CN1C(=O)C(CC(=O)Nc2ccccc2)SC1=Nc1nc2ccccc2s1. The fourth-order valence-electron chi connectivity index (χ4n) is 2.69. The predicted molar refractivity (Wildman–Crippen MR) is 111 cm³/mol. The molecule has 8 heteroatoms. The number of anilines is 1. The Kier molecular flexibility index (Phi) is 4.91. The molecule has 0 radical (unpaired) electrons. The van der Waals surface area contributed by atoms with Crippen LogP contribution in [0.1, 0.15) is 6.42 Å². The topological polar surface area (TPSA) is 74.7 Å². The molecule has 1 fully saturated rings. The number of amides is 2. The Morgan fingerprint density at radius 1 is 1.19 bits per heavy atom. The number of hydrogen-bond acceptors (Lipinski definition) is 6. The molecule has 2 amide bonds. The lowest BCUT2D eigenvalue weighted by atomic mass is 10.2. The van der Waals surface area contributed by atoms with Crippen LogP contribution in [0.15, 0.2) is 59.6 Å². The number of nitrogens with one attached hydrogen (secondary N) is 1. The van der Waals surface area contributed by atoms with Crippen molar-refractivity contribution in [1.82, 2.24) is 9.88 Å². The number of aromatic nitrogens is 1. The van der Waals surface area contributed by atoms with Gasteiger partial charge in [-0.3, -0.25) is 14.5 Å². The highest BCUT2D eigenvalue weighted by Gasteiger charge is 2.37. The summed E-state index contributed by atoms with van der Waals surface area (Å²) < 4.78 is 1.05. The lowest BCUT2D eigenvalue weighted by Crippen LogP contribution is -2.30. The molecule has 1 saturated heterocycles. The third kappa shape index (κ3) is 3.86. The number of amidine groups is 1. The van der Waals surface area contributed by atoms with E-state index in [2.05, 4.69) is 15.3 Å². The second-order valence-electron chi connectivity index (χ2n) is 5.98. The minimum Gasteiger partial charge on any atom is -0.326 e. The Balaban J connectivity index is 1.47. The van der Waals surface area contributed by atoms with Gasteiger partial charge in [0.05, 0.1) is 10.2 Å². The molecule has 0 saturated carbocycles. The van der Waals surface area contributed by atoms with Crippen molar-refractivity contribution in [2.24, 2.45) is 4.99 Å². The van der Waals surface area contributed by atoms with Crippen LogP contribution in [0.4, 0.5) is 10.8 Å². The first-order chi connectivity index (χ1) is 13.1. The summed E-state index contributed by atoms with van der Waals surface area (Å²) in [6, 6.07) is 17.0. The molecular weight excluding hydrogens is 380 g/mol. The van der Waals surface area contributed by atoms with Gasteiger partial charge in [0.15, 0.2) is 5.17 Å². The van der Waals surface area contributed by atoms with Gasteiger partial charge in [0.25, 0.3) is 0 Å². The molecule has 0 aliphatic carbocycles. The van der Waals surface area contributed by atoms with Crippen molar-refractivity contribution in [1.29, 1.82) is 0 Å². The number of hydrogen-bond donors (Lipinski definition) is 1. The van der Waals surface area contributed by atoms with Crippen LogP contribution in [0.25, 0.3) is 10.2 Å². The summed E-state index contributed by atoms with van der Waals surface area (Å²) in [6.07, 6.45) is 0.0988. The number of carbonyl (C=O) groups excluding carboxylic acids is 2. The molecule has 4 rings (SSSR count). The maximum absolute atomic E-state index is 12.5. The van der Waals surface area contributed by atoms with E-state index in [0.29, 0.717) is 10.3 Å².